The monoisotopic (exact) mass is 372 g/mol. The summed E-state index contributed by atoms with van der Waals surface area (Å²) in [6, 6.07) is 16.0. The molecule has 3 rings (SSSR count). The van der Waals surface area contributed by atoms with E-state index in [1.165, 1.54) is 6.07 Å². The molecule has 0 saturated carbocycles. The third-order valence-corrected chi connectivity index (χ3v) is 4.75. The average molecular weight is 373 g/mol. The Morgan fingerprint density at radius 3 is 2.46 bits per heavy atom. The van der Waals surface area contributed by atoms with E-state index in [1.807, 2.05) is 43.3 Å². The van der Waals surface area contributed by atoms with Crippen molar-refractivity contribution in [1.29, 1.82) is 0 Å². The van der Waals surface area contributed by atoms with E-state index in [9.17, 15) is 10.2 Å². The Morgan fingerprint density at radius 1 is 1.12 bits per heavy atom. The van der Waals surface area contributed by atoms with Gasteiger partial charge in [-0.3, -0.25) is 0 Å². The number of aliphatic hydroxyl groups is 1. The molecule has 2 aromatic carbocycles. The molecule has 136 valence electrons. The number of hydrogen-bond acceptors (Lipinski definition) is 5. The molecule has 0 aliphatic heterocycles. The van der Waals surface area contributed by atoms with Crippen LogP contribution in [0.1, 0.15) is 36.6 Å². The van der Waals surface area contributed by atoms with Crippen LogP contribution in [-0.2, 0) is 0 Å². The normalized spacial score (nSPS) is 14.8. The van der Waals surface area contributed by atoms with Crippen LogP contribution < -0.4 is 5.73 Å². The van der Waals surface area contributed by atoms with Crippen molar-refractivity contribution < 1.29 is 14.7 Å². The number of nitrogens with two attached hydrogens (primary N) is 1. The zero-order valence-electron chi connectivity index (χ0n) is 14.3. The van der Waals surface area contributed by atoms with Crippen molar-refractivity contribution in [3.63, 3.8) is 0 Å². The van der Waals surface area contributed by atoms with E-state index in [0.717, 1.165) is 16.7 Å². The van der Waals surface area contributed by atoms with Gasteiger partial charge in [0, 0.05) is 22.7 Å². The second kappa shape index (κ2) is 7.91. The van der Waals surface area contributed by atoms with Gasteiger partial charge in [0.1, 0.15) is 0 Å². The Balaban J connectivity index is 1.67. The molecule has 26 heavy (non-hydrogen) atoms. The maximum atomic E-state index is 10.4. The van der Waals surface area contributed by atoms with Gasteiger partial charge in [0.05, 0.1) is 6.10 Å². The van der Waals surface area contributed by atoms with Crippen molar-refractivity contribution in [3.8, 4) is 17.2 Å². The Kier molecular flexibility index (Phi) is 5.61. The summed E-state index contributed by atoms with van der Waals surface area (Å²) in [5, 5.41) is 23.8. The minimum atomic E-state index is -0.619. The first kappa shape index (κ1) is 18.5. The fourth-order valence-corrected chi connectivity index (χ4v) is 3.15. The zero-order valence-corrected chi connectivity index (χ0v) is 15.1. The molecule has 0 saturated heterocycles. The minimum absolute atomic E-state index is 0.0594. The number of aromatic nitrogens is 1. The second-order valence-electron chi connectivity index (χ2n) is 6.48. The molecule has 0 fully saturated rings. The first-order chi connectivity index (χ1) is 12.4. The lowest BCUT2D eigenvalue weighted by Crippen LogP contribution is -2.21. The maximum absolute atomic E-state index is 10.4. The maximum Gasteiger partial charge on any atom is 0.252 e. The van der Waals surface area contributed by atoms with Gasteiger partial charge in [-0.05, 0) is 40.8 Å². The minimum Gasteiger partial charge on any atom is -0.491 e. The quantitative estimate of drug-likeness (QED) is 0.594. The van der Waals surface area contributed by atoms with Crippen molar-refractivity contribution in [2.24, 2.45) is 11.7 Å². The molecule has 1 heterocycles. The predicted octanol–water partition coefficient (Wildman–Crippen LogP) is 4.46. The molecule has 0 spiro atoms. The highest BCUT2D eigenvalue weighted by Crippen LogP contribution is 2.31. The van der Waals surface area contributed by atoms with E-state index in [4.69, 9.17) is 21.9 Å². The van der Waals surface area contributed by atoms with E-state index >= 15 is 0 Å². The standard InChI is InChI=1S/C20H21ClN2O3/c1-12(9-17(24)15-3-2-4-16(21)10-15)20(22)14-7-5-13(6-8-14)18-11-19(25)23-26-18/h2-8,10-12,17,20,24H,9,22H2,1H3,(H,23,25). The summed E-state index contributed by atoms with van der Waals surface area (Å²) in [5.74, 6) is 0.403. The molecule has 3 aromatic rings. The van der Waals surface area contributed by atoms with Crippen LogP contribution in [0.5, 0.6) is 5.88 Å². The number of hydrogen-bond donors (Lipinski definition) is 3. The van der Waals surface area contributed by atoms with Gasteiger partial charge >= 0.3 is 0 Å². The molecular formula is C20H21ClN2O3. The molecule has 3 atom stereocenters. The summed E-state index contributed by atoms with van der Waals surface area (Å²) in [6.07, 6.45) is -0.0922. The fourth-order valence-electron chi connectivity index (χ4n) is 2.95. The molecule has 1 aromatic heterocycles. The van der Waals surface area contributed by atoms with Crippen molar-refractivity contribution >= 4 is 11.6 Å². The molecule has 0 radical (unpaired) electrons. The number of aliphatic hydroxyl groups excluding tert-OH is 1. The highest BCUT2D eigenvalue weighted by atomic mass is 35.5. The van der Waals surface area contributed by atoms with Crippen LogP contribution in [0, 0.1) is 5.92 Å². The first-order valence-corrected chi connectivity index (χ1v) is 8.77. The summed E-state index contributed by atoms with van der Waals surface area (Å²) in [5.41, 5.74) is 8.93. The van der Waals surface area contributed by atoms with Gasteiger partial charge < -0.3 is 20.5 Å². The summed E-state index contributed by atoms with van der Waals surface area (Å²) >= 11 is 5.99. The molecular weight excluding hydrogens is 352 g/mol. The van der Waals surface area contributed by atoms with E-state index in [-0.39, 0.29) is 17.8 Å². The molecule has 0 amide bonds. The highest BCUT2D eigenvalue weighted by Gasteiger charge is 2.20. The van der Waals surface area contributed by atoms with Crippen molar-refractivity contribution in [2.45, 2.75) is 25.5 Å². The Morgan fingerprint density at radius 2 is 1.85 bits per heavy atom. The summed E-state index contributed by atoms with van der Waals surface area (Å²) in [6.45, 7) is 2.01. The third-order valence-electron chi connectivity index (χ3n) is 4.52. The van der Waals surface area contributed by atoms with E-state index in [0.29, 0.717) is 17.2 Å². The van der Waals surface area contributed by atoms with Crippen molar-refractivity contribution in [1.82, 2.24) is 5.16 Å². The van der Waals surface area contributed by atoms with Gasteiger partial charge in [-0.2, -0.15) is 0 Å². The summed E-state index contributed by atoms with van der Waals surface area (Å²) < 4.78 is 5.03. The number of benzene rings is 2. The Hall–Kier alpha value is -2.34. The summed E-state index contributed by atoms with van der Waals surface area (Å²) in [4.78, 5) is 0. The molecule has 3 unspecified atom stereocenters. The van der Waals surface area contributed by atoms with Crippen LogP contribution in [-0.4, -0.2) is 15.4 Å². The van der Waals surface area contributed by atoms with Gasteiger partial charge in [-0.1, -0.05) is 54.9 Å². The largest absolute Gasteiger partial charge is 0.491 e. The SMILES string of the molecule is CC(CC(O)c1cccc(Cl)c1)C(N)c1ccc(-c2cc(O)no2)cc1. The lowest BCUT2D eigenvalue weighted by atomic mass is 9.88. The van der Waals surface area contributed by atoms with Crippen molar-refractivity contribution in [3.05, 3.63) is 70.7 Å². The van der Waals surface area contributed by atoms with Crippen LogP contribution in [0.15, 0.2) is 59.1 Å². The van der Waals surface area contributed by atoms with Gasteiger partial charge in [0.25, 0.3) is 5.88 Å². The topological polar surface area (TPSA) is 92.5 Å². The molecule has 6 heteroatoms. The van der Waals surface area contributed by atoms with E-state index < -0.39 is 6.10 Å². The number of nitrogens with zero attached hydrogens (tertiary/aromatic N) is 1. The second-order valence-corrected chi connectivity index (χ2v) is 6.92. The van der Waals surface area contributed by atoms with Crippen LogP contribution >= 0.6 is 11.6 Å². The Labute approximate surface area is 157 Å². The predicted molar refractivity (Wildman–Crippen MR) is 101 cm³/mol. The first-order valence-electron chi connectivity index (χ1n) is 8.39. The van der Waals surface area contributed by atoms with Crippen LogP contribution in [0.3, 0.4) is 0 Å². The highest BCUT2D eigenvalue weighted by molar-refractivity contribution is 6.30. The number of aromatic hydroxyl groups is 1. The molecule has 0 aliphatic carbocycles. The molecule has 0 aliphatic rings. The van der Waals surface area contributed by atoms with Gasteiger partial charge in [-0.15, -0.1) is 0 Å². The zero-order chi connectivity index (χ0) is 18.7. The lowest BCUT2D eigenvalue weighted by Gasteiger charge is -2.23. The van der Waals surface area contributed by atoms with Crippen LogP contribution in [0.2, 0.25) is 5.02 Å². The van der Waals surface area contributed by atoms with E-state index in [1.54, 1.807) is 12.1 Å². The van der Waals surface area contributed by atoms with E-state index in [2.05, 4.69) is 5.16 Å². The molecule has 4 N–H and O–H groups in total. The number of halogens is 1. The fraction of sp³-hybridized carbons (Fsp3) is 0.250. The smallest absolute Gasteiger partial charge is 0.252 e. The number of rotatable bonds is 6. The van der Waals surface area contributed by atoms with Gasteiger partial charge in [0.15, 0.2) is 5.76 Å². The van der Waals surface area contributed by atoms with Crippen molar-refractivity contribution in [2.75, 3.05) is 0 Å². The molecule has 5 nitrogen and oxygen atoms in total. The summed E-state index contributed by atoms with van der Waals surface area (Å²) in [7, 11) is 0. The lowest BCUT2D eigenvalue weighted by molar-refractivity contribution is 0.141. The Bertz CT molecular complexity index is 864. The van der Waals surface area contributed by atoms with Crippen LogP contribution in [0.4, 0.5) is 0 Å². The van der Waals surface area contributed by atoms with Gasteiger partial charge in [0.2, 0.25) is 0 Å². The average Bonchev–Trinajstić information content (AvgIpc) is 3.07. The molecule has 0 bridgehead atoms. The third kappa shape index (κ3) is 4.25. The van der Waals surface area contributed by atoms with Crippen LogP contribution in [0.25, 0.3) is 11.3 Å². The van der Waals surface area contributed by atoms with Gasteiger partial charge in [-0.25, -0.2) is 0 Å².